The number of piperidine rings is 1. The third-order valence-corrected chi connectivity index (χ3v) is 3.78. The minimum atomic E-state index is 0.150. The molecule has 0 saturated carbocycles. The maximum absolute atomic E-state index is 9.52. The van der Waals surface area contributed by atoms with Crippen molar-refractivity contribution in [2.45, 2.75) is 38.1 Å². The van der Waals surface area contributed by atoms with E-state index in [4.69, 9.17) is 0 Å². The van der Waals surface area contributed by atoms with E-state index in [2.05, 4.69) is 25.2 Å². The summed E-state index contributed by atoms with van der Waals surface area (Å²) in [7, 11) is 0. The second-order valence-corrected chi connectivity index (χ2v) is 4.75. The first-order valence-electron chi connectivity index (χ1n) is 5.66. The molecule has 0 spiro atoms. The first-order chi connectivity index (χ1) is 7.13. The Bertz CT molecular complexity index is 350. The molecule has 0 bridgehead atoms. The summed E-state index contributed by atoms with van der Waals surface area (Å²) in [6.45, 7) is 5.61. The molecule has 1 saturated heterocycles. The first kappa shape index (κ1) is 10.5. The molecule has 1 aromatic rings. The fourth-order valence-corrected chi connectivity index (χ4v) is 2.47. The Morgan fingerprint density at radius 1 is 1.47 bits per heavy atom. The minimum Gasteiger partial charge on any atom is -0.508 e. The van der Waals surface area contributed by atoms with Gasteiger partial charge in [0.2, 0.25) is 0 Å². The van der Waals surface area contributed by atoms with Crippen LogP contribution in [0.5, 0.6) is 5.75 Å². The van der Waals surface area contributed by atoms with Crippen LogP contribution in [0.25, 0.3) is 0 Å². The summed E-state index contributed by atoms with van der Waals surface area (Å²) in [6.07, 6.45) is 2.39. The van der Waals surface area contributed by atoms with Crippen LogP contribution in [0.15, 0.2) is 24.3 Å². The van der Waals surface area contributed by atoms with Gasteiger partial charge < -0.3 is 10.4 Å². The van der Waals surface area contributed by atoms with Crippen molar-refractivity contribution in [1.29, 1.82) is 0 Å². The molecule has 2 atom stereocenters. The molecule has 1 fully saturated rings. The SMILES string of the molecule is CC1NCCCC1(C)c1cccc(O)c1. The largest absolute Gasteiger partial charge is 0.508 e. The van der Waals surface area contributed by atoms with Gasteiger partial charge in [0.25, 0.3) is 0 Å². The maximum atomic E-state index is 9.52. The minimum absolute atomic E-state index is 0.150. The highest BCUT2D eigenvalue weighted by Gasteiger charge is 2.35. The molecule has 0 radical (unpaired) electrons. The van der Waals surface area contributed by atoms with Crippen molar-refractivity contribution >= 4 is 0 Å². The van der Waals surface area contributed by atoms with Crippen LogP contribution in [0.2, 0.25) is 0 Å². The van der Waals surface area contributed by atoms with Crippen LogP contribution < -0.4 is 5.32 Å². The van der Waals surface area contributed by atoms with Crippen LogP contribution in [0.4, 0.5) is 0 Å². The summed E-state index contributed by atoms with van der Waals surface area (Å²) >= 11 is 0. The van der Waals surface area contributed by atoms with Crippen LogP contribution in [-0.2, 0) is 5.41 Å². The van der Waals surface area contributed by atoms with E-state index >= 15 is 0 Å². The molecular weight excluding hydrogens is 186 g/mol. The molecular formula is C13H19NO. The molecule has 2 N–H and O–H groups in total. The predicted molar refractivity (Wildman–Crippen MR) is 62.2 cm³/mol. The summed E-state index contributed by atoms with van der Waals surface area (Å²) in [5.41, 5.74) is 1.39. The smallest absolute Gasteiger partial charge is 0.115 e. The Kier molecular flexibility index (Phi) is 2.70. The van der Waals surface area contributed by atoms with Crippen molar-refractivity contribution in [3.05, 3.63) is 29.8 Å². The third-order valence-electron chi connectivity index (χ3n) is 3.78. The van der Waals surface area contributed by atoms with Crippen LogP contribution >= 0.6 is 0 Å². The normalized spacial score (nSPS) is 31.5. The highest BCUT2D eigenvalue weighted by atomic mass is 16.3. The van der Waals surface area contributed by atoms with E-state index in [1.165, 1.54) is 18.4 Å². The average Bonchev–Trinajstić information content (AvgIpc) is 2.23. The zero-order valence-electron chi connectivity index (χ0n) is 9.46. The van der Waals surface area contributed by atoms with Crippen molar-refractivity contribution in [1.82, 2.24) is 5.32 Å². The number of benzene rings is 1. The van der Waals surface area contributed by atoms with Crippen LogP contribution in [-0.4, -0.2) is 17.7 Å². The van der Waals surface area contributed by atoms with Gasteiger partial charge in [-0.2, -0.15) is 0 Å². The molecule has 2 rings (SSSR count). The van der Waals surface area contributed by atoms with Gasteiger partial charge in [-0.25, -0.2) is 0 Å². The topological polar surface area (TPSA) is 32.3 Å². The lowest BCUT2D eigenvalue weighted by Gasteiger charge is -2.41. The van der Waals surface area contributed by atoms with Crippen molar-refractivity contribution in [2.24, 2.45) is 0 Å². The number of nitrogens with one attached hydrogen (secondary N) is 1. The Hall–Kier alpha value is -1.02. The lowest BCUT2D eigenvalue weighted by Crippen LogP contribution is -2.49. The molecule has 0 amide bonds. The van der Waals surface area contributed by atoms with E-state index in [-0.39, 0.29) is 5.41 Å². The molecule has 1 heterocycles. The predicted octanol–water partition coefficient (Wildman–Crippen LogP) is 2.42. The summed E-state index contributed by atoms with van der Waals surface area (Å²) in [6, 6.07) is 8.13. The molecule has 0 aliphatic carbocycles. The molecule has 2 unspecified atom stereocenters. The van der Waals surface area contributed by atoms with E-state index < -0.39 is 0 Å². The fraction of sp³-hybridized carbons (Fsp3) is 0.538. The van der Waals surface area contributed by atoms with Crippen LogP contribution in [0.1, 0.15) is 32.3 Å². The van der Waals surface area contributed by atoms with Gasteiger partial charge in [-0.05, 0) is 44.0 Å². The number of phenols is 1. The number of phenolic OH excluding ortho intramolecular Hbond substituents is 1. The Morgan fingerprint density at radius 3 is 2.93 bits per heavy atom. The van der Waals surface area contributed by atoms with Crippen LogP contribution in [0, 0.1) is 0 Å². The summed E-state index contributed by atoms with van der Waals surface area (Å²) < 4.78 is 0. The van der Waals surface area contributed by atoms with E-state index in [9.17, 15) is 5.11 Å². The van der Waals surface area contributed by atoms with Gasteiger partial charge in [-0.1, -0.05) is 19.1 Å². The zero-order chi connectivity index (χ0) is 10.9. The zero-order valence-corrected chi connectivity index (χ0v) is 9.46. The molecule has 1 aliphatic rings. The van der Waals surface area contributed by atoms with Crippen LogP contribution in [0.3, 0.4) is 0 Å². The lowest BCUT2D eigenvalue weighted by atomic mass is 9.71. The molecule has 1 aromatic carbocycles. The quantitative estimate of drug-likeness (QED) is 0.738. The molecule has 82 valence electrons. The second-order valence-electron chi connectivity index (χ2n) is 4.75. The van der Waals surface area contributed by atoms with Gasteiger partial charge in [0.15, 0.2) is 0 Å². The lowest BCUT2D eigenvalue weighted by molar-refractivity contribution is 0.261. The number of hydrogen-bond acceptors (Lipinski definition) is 2. The standard InChI is InChI=1S/C13H19NO/c1-10-13(2,7-4-8-14-10)11-5-3-6-12(15)9-11/h3,5-6,9-10,14-15H,4,7-8H2,1-2H3. The summed E-state index contributed by atoms with van der Waals surface area (Å²) in [4.78, 5) is 0. The first-order valence-corrected chi connectivity index (χ1v) is 5.66. The van der Waals surface area contributed by atoms with Crippen molar-refractivity contribution < 1.29 is 5.11 Å². The Balaban J connectivity index is 2.34. The van der Waals surface area contributed by atoms with Crippen molar-refractivity contribution in [3.8, 4) is 5.75 Å². The number of rotatable bonds is 1. The molecule has 2 heteroatoms. The van der Waals surface area contributed by atoms with E-state index in [1.807, 2.05) is 12.1 Å². The fourth-order valence-electron chi connectivity index (χ4n) is 2.47. The van der Waals surface area contributed by atoms with E-state index in [0.717, 1.165) is 6.54 Å². The maximum Gasteiger partial charge on any atom is 0.115 e. The van der Waals surface area contributed by atoms with Gasteiger partial charge >= 0.3 is 0 Å². The number of hydrogen-bond donors (Lipinski definition) is 2. The number of aromatic hydroxyl groups is 1. The highest BCUT2D eigenvalue weighted by Crippen LogP contribution is 2.36. The molecule has 0 aromatic heterocycles. The third kappa shape index (κ3) is 1.86. The van der Waals surface area contributed by atoms with E-state index in [0.29, 0.717) is 11.8 Å². The molecule has 2 nitrogen and oxygen atoms in total. The van der Waals surface area contributed by atoms with Gasteiger partial charge in [0.1, 0.15) is 5.75 Å². The Labute approximate surface area is 91.3 Å². The second kappa shape index (κ2) is 3.86. The molecule has 15 heavy (non-hydrogen) atoms. The molecule has 1 aliphatic heterocycles. The summed E-state index contributed by atoms with van der Waals surface area (Å²) in [5, 5.41) is 13.0. The summed E-state index contributed by atoms with van der Waals surface area (Å²) in [5.74, 6) is 0.367. The van der Waals surface area contributed by atoms with Crippen molar-refractivity contribution in [2.75, 3.05) is 6.54 Å². The van der Waals surface area contributed by atoms with Gasteiger partial charge in [0, 0.05) is 11.5 Å². The monoisotopic (exact) mass is 205 g/mol. The average molecular weight is 205 g/mol. The van der Waals surface area contributed by atoms with Gasteiger partial charge in [0.05, 0.1) is 0 Å². The van der Waals surface area contributed by atoms with Crippen molar-refractivity contribution in [3.63, 3.8) is 0 Å². The van der Waals surface area contributed by atoms with Gasteiger partial charge in [-0.3, -0.25) is 0 Å². The van der Waals surface area contributed by atoms with E-state index in [1.54, 1.807) is 6.07 Å². The van der Waals surface area contributed by atoms with Gasteiger partial charge in [-0.15, -0.1) is 0 Å². The Morgan fingerprint density at radius 2 is 2.27 bits per heavy atom. The highest BCUT2D eigenvalue weighted by molar-refractivity contribution is 5.34.